The van der Waals surface area contributed by atoms with Crippen LogP contribution < -0.4 is 15.8 Å². The number of rotatable bonds is 8. The Hall–Kier alpha value is -2.33. The van der Waals surface area contributed by atoms with Gasteiger partial charge in [0.1, 0.15) is 11.8 Å². The van der Waals surface area contributed by atoms with Gasteiger partial charge in [0, 0.05) is 6.04 Å². The topological polar surface area (TPSA) is 64.3 Å². The zero-order valence-corrected chi connectivity index (χ0v) is 13.7. The molecule has 0 saturated heterocycles. The first kappa shape index (κ1) is 17.0. The molecule has 23 heavy (non-hydrogen) atoms. The summed E-state index contributed by atoms with van der Waals surface area (Å²) in [6, 6.07) is 17.3. The number of carbonyl (C=O) groups excluding carboxylic acids is 1. The van der Waals surface area contributed by atoms with Crippen LogP contribution in [0, 0.1) is 0 Å². The fourth-order valence-corrected chi connectivity index (χ4v) is 2.53. The molecule has 0 unspecified atom stereocenters. The quantitative estimate of drug-likeness (QED) is 0.788. The second-order valence-corrected chi connectivity index (χ2v) is 5.70. The van der Waals surface area contributed by atoms with Gasteiger partial charge in [-0.25, -0.2) is 0 Å². The third kappa shape index (κ3) is 5.11. The summed E-state index contributed by atoms with van der Waals surface area (Å²) in [5, 5.41) is 3.33. The van der Waals surface area contributed by atoms with Crippen LogP contribution in [0.1, 0.15) is 30.5 Å². The third-order valence-corrected chi connectivity index (χ3v) is 3.89. The van der Waals surface area contributed by atoms with Crippen molar-refractivity contribution in [1.82, 2.24) is 5.32 Å². The molecule has 4 heteroatoms. The lowest BCUT2D eigenvalue weighted by Gasteiger charge is -2.21. The van der Waals surface area contributed by atoms with Gasteiger partial charge in [-0.2, -0.15) is 0 Å². The monoisotopic (exact) mass is 312 g/mol. The number of primary amides is 1. The fraction of sp³-hybridized carbons (Fsp3) is 0.316. The number of amides is 1. The molecule has 3 N–H and O–H groups in total. The molecule has 0 saturated carbocycles. The molecule has 0 spiro atoms. The summed E-state index contributed by atoms with van der Waals surface area (Å²) in [7, 11) is 1.66. The second-order valence-electron chi connectivity index (χ2n) is 5.70. The van der Waals surface area contributed by atoms with Crippen molar-refractivity contribution in [3.8, 4) is 5.75 Å². The predicted molar refractivity (Wildman–Crippen MR) is 92.3 cm³/mol. The van der Waals surface area contributed by atoms with Gasteiger partial charge in [-0.15, -0.1) is 0 Å². The molecule has 2 aromatic rings. The molecule has 0 heterocycles. The zero-order valence-electron chi connectivity index (χ0n) is 13.7. The highest BCUT2D eigenvalue weighted by molar-refractivity contribution is 5.81. The molecule has 4 nitrogen and oxygen atoms in total. The number of ether oxygens (including phenoxy) is 1. The van der Waals surface area contributed by atoms with Crippen LogP contribution in [-0.2, 0) is 11.2 Å². The molecule has 122 valence electrons. The standard InChI is InChI=1S/C19H24N2O2/c1-14(8-9-15-10-12-17(23-2)13-11-15)21-18(19(20)22)16-6-4-3-5-7-16/h3-7,10-14,18,21H,8-9H2,1-2H3,(H2,20,22)/t14-,18-/m0/s1. The van der Waals surface area contributed by atoms with Crippen molar-refractivity contribution >= 4 is 5.91 Å². The minimum Gasteiger partial charge on any atom is -0.497 e. The number of nitrogens with one attached hydrogen (secondary N) is 1. The molecule has 2 rings (SSSR count). The Morgan fingerprint density at radius 1 is 1.13 bits per heavy atom. The second kappa shape index (κ2) is 8.34. The minimum absolute atomic E-state index is 0.176. The van der Waals surface area contributed by atoms with Crippen molar-refractivity contribution in [3.63, 3.8) is 0 Å². The number of hydrogen-bond acceptors (Lipinski definition) is 3. The molecule has 2 atom stereocenters. The summed E-state index contributed by atoms with van der Waals surface area (Å²) in [4.78, 5) is 11.7. The summed E-state index contributed by atoms with van der Waals surface area (Å²) in [6.07, 6.45) is 1.85. The normalized spacial score (nSPS) is 13.3. The minimum atomic E-state index is -0.456. The Balaban J connectivity index is 1.91. The summed E-state index contributed by atoms with van der Waals surface area (Å²) in [5.41, 5.74) is 7.69. The van der Waals surface area contributed by atoms with Crippen LogP contribution in [0.15, 0.2) is 54.6 Å². The maximum atomic E-state index is 11.7. The van der Waals surface area contributed by atoms with Gasteiger partial charge >= 0.3 is 0 Å². The van der Waals surface area contributed by atoms with Crippen molar-refractivity contribution in [3.05, 3.63) is 65.7 Å². The Morgan fingerprint density at radius 2 is 1.78 bits per heavy atom. The molecule has 2 aromatic carbocycles. The van der Waals surface area contributed by atoms with Crippen molar-refractivity contribution in [2.45, 2.75) is 31.8 Å². The van der Waals surface area contributed by atoms with E-state index in [0.717, 1.165) is 24.2 Å². The van der Waals surface area contributed by atoms with E-state index in [1.165, 1.54) is 5.56 Å². The van der Waals surface area contributed by atoms with E-state index in [4.69, 9.17) is 10.5 Å². The van der Waals surface area contributed by atoms with E-state index in [2.05, 4.69) is 24.4 Å². The van der Waals surface area contributed by atoms with Crippen LogP contribution in [0.25, 0.3) is 0 Å². The zero-order chi connectivity index (χ0) is 16.7. The Kier molecular flexibility index (Phi) is 6.18. The number of methoxy groups -OCH3 is 1. The molecule has 0 aliphatic rings. The van der Waals surface area contributed by atoms with Crippen LogP contribution in [0.4, 0.5) is 0 Å². The van der Waals surface area contributed by atoms with Crippen LogP contribution in [0.5, 0.6) is 5.75 Å². The molecular formula is C19H24N2O2. The smallest absolute Gasteiger partial charge is 0.239 e. The maximum absolute atomic E-state index is 11.7. The number of benzene rings is 2. The molecule has 1 amide bonds. The summed E-state index contributed by atoms with van der Waals surface area (Å²) in [6.45, 7) is 2.07. The first-order chi connectivity index (χ1) is 11.1. The van der Waals surface area contributed by atoms with Crippen LogP contribution in [-0.4, -0.2) is 19.1 Å². The van der Waals surface area contributed by atoms with Crippen LogP contribution in [0.2, 0.25) is 0 Å². The Morgan fingerprint density at radius 3 is 2.35 bits per heavy atom. The van der Waals surface area contributed by atoms with Gasteiger partial charge in [0.2, 0.25) is 5.91 Å². The lowest BCUT2D eigenvalue weighted by Crippen LogP contribution is -2.38. The van der Waals surface area contributed by atoms with E-state index in [9.17, 15) is 4.79 Å². The summed E-state index contributed by atoms with van der Waals surface area (Å²) in [5.74, 6) is 0.505. The SMILES string of the molecule is COc1ccc(CC[C@H](C)N[C@H](C(N)=O)c2ccccc2)cc1. The van der Waals surface area contributed by atoms with Gasteiger partial charge in [-0.05, 0) is 43.0 Å². The van der Waals surface area contributed by atoms with E-state index in [1.807, 2.05) is 42.5 Å². The molecule has 0 radical (unpaired) electrons. The van der Waals surface area contributed by atoms with E-state index < -0.39 is 6.04 Å². The van der Waals surface area contributed by atoms with E-state index in [1.54, 1.807) is 7.11 Å². The first-order valence-corrected chi connectivity index (χ1v) is 7.83. The van der Waals surface area contributed by atoms with Gasteiger partial charge in [-0.3, -0.25) is 10.1 Å². The molecule has 0 aliphatic heterocycles. The van der Waals surface area contributed by atoms with Crippen molar-refractivity contribution < 1.29 is 9.53 Å². The van der Waals surface area contributed by atoms with E-state index in [0.29, 0.717) is 0 Å². The van der Waals surface area contributed by atoms with Crippen molar-refractivity contribution in [1.29, 1.82) is 0 Å². The van der Waals surface area contributed by atoms with E-state index in [-0.39, 0.29) is 11.9 Å². The van der Waals surface area contributed by atoms with Crippen LogP contribution in [0.3, 0.4) is 0 Å². The molecular weight excluding hydrogens is 288 g/mol. The molecule has 0 fully saturated rings. The number of carbonyl (C=O) groups is 1. The highest BCUT2D eigenvalue weighted by atomic mass is 16.5. The number of nitrogens with two attached hydrogens (primary N) is 1. The van der Waals surface area contributed by atoms with Gasteiger partial charge in [-0.1, -0.05) is 42.5 Å². The maximum Gasteiger partial charge on any atom is 0.239 e. The largest absolute Gasteiger partial charge is 0.497 e. The van der Waals surface area contributed by atoms with Gasteiger partial charge in [0.15, 0.2) is 0 Å². The Labute approximate surface area is 137 Å². The van der Waals surface area contributed by atoms with Gasteiger partial charge < -0.3 is 10.5 Å². The van der Waals surface area contributed by atoms with Crippen LogP contribution >= 0.6 is 0 Å². The van der Waals surface area contributed by atoms with E-state index >= 15 is 0 Å². The van der Waals surface area contributed by atoms with Gasteiger partial charge in [0.05, 0.1) is 7.11 Å². The lowest BCUT2D eigenvalue weighted by molar-refractivity contribution is -0.120. The third-order valence-electron chi connectivity index (χ3n) is 3.89. The molecule has 0 bridgehead atoms. The number of hydrogen-bond donors (Lipinski definition) is 2. The highest BCUT2D eigenvalue weighted by Gasteiger charge is 2.19. The van der Waals surface area contributed by atoms with Crippen molar-refractivity contribution in [2.75, 3.05) is 7.11 Å². The van der Waals surface area contributed by atoms with Gasteiger partial charge in [0.25, 0.3) is 0 Å². The average Bonchev–Trinajstić information content (AvgIpc) is 2.58. The average molecular weight is 312 g/mol. The lowest BCUT2D eigenvalue weighted by atomic mass is 10.0. The molecule has 0 aliphatic carbocycles. The Bertz CT molecular complexity index is 611. The number of aryl methyl sites for hydroxylation is 1. The fourth-order valence-electron chi connectivity index (χ4n) is 2.53. The summed E-state index contributed by atoms with van der Waals surface area (Å²) >= 11 is 0. The first-order valence-electron chi connectivity index (χ1n) is 7.83. The highest BCUT2D eigenvalue weighted by Crippen LogP contribution is 2.16. The van der Waals surface area contributed by atoms with Crippen molar-refractivity contribution in [2.24, 2.45) is 5.73 Å². The summed E-state index contributed by atoms with van der Waals surface area (Å²) < 4.78 is 5.16. The predicted octanol–water partition coefficient (Wildman–Crippen LogP) is 2.83. The molecule has 0 aromatic heterocycles.